The van der Waals surface area contributed by atoms with Gasteiger partial charge in [0, 0.05) is 0 Å². The van der Waals surface area contributed by atoms with Gasteiger partial charge in [-0.05, 0) is 42.8 Å². The predicted molar refractivity (Wildman–Crippen MR) is 100 cm³/mol. The lowest BCUT2D eigenvalue weighted by Crippen LogP contribution is -2.23. The highest BCUT2D eigenvalue weighted by molar-refractivity contribution is 5.91. The Morgan fingerprint density at radius 1 is 0.964 bits per heavy atom. The Balaban J connectivity index is 1.89. The van der Waals surface area contributed by atoms with Gasteiger partial charge in [0.15, 0.2) is 23.0 Å². The summed E-state index contributed by atoms with van der Waals surface area (Å²) in [5.74, 6) is 0.883. The van der Waals surface area contributed by atoms with E-state index in [1.807, 2.05) is 0 Å². The van der Waals surface area contributed by atoms with Gasteiger partial charge in [-0.15, -0.1) is 0 Å². The van der Waals surface area contributed by atoms with E-state index in [1.54, 1.807) is 37.3 Å². The molecule has 0 saturated carbocycles. The number of carbonyl (C=O) groups is 2. The second-order valence-electron chi connectivity index (χ2n) is 6.41. The van der Waals surface area contributed by atoms with E-state index in [0.29, 0.717) is 34.1 Å². The summed E-state index contributed by atoms with van der Waals surface area (Å²) < 4.78 is 26.9. The van der Waals surface area contributed by atoms with Gasteiger partial charge in [0.25, 0.3) is 0 Å². The Bertz CT molecular complexity index is 890. The molecule has 1 aliphatic rings. The van der Waals surface area contributed by atoms with Crippen LogP contribution in [0, 0.1) is 5.92 Å². The van der Waals surface area contributed by atoms with Crippen molar-refractivity contribution in [1.82, 2.24) is 0 Å². The molecule has 7 nitrogen and oxygen atoms in total. The summed E-state index contributed by atoms with van der Waals surface area (Å²) in [6, 6.07) is 9.98. The molecular formula is C21H22O7. The SMILES string of the molecule is COc1ccc(C(=O)OC(c2ccc3c(c2)OCO3)C(C)C(C)=O)cc1OC. The van der Waals surface area contributed by atoms with E-state index in [-0.39, 0.29) is 12.6 Å². The Kier molecular flexibility index (Phi) is 5.73. The summed E-state index contributed by atoms with van der Waals surface area (Å²) in [7, 11) is 3.00. The number of benzene rings is 2. The fourth-order valence-corrected chi connectivity index (χ4v) is 2.91. The third-order valence-corrected chi connectivity index (χ3v) is 4.67. The monoisotopic (exact) mass is 386 g/mol. The number of Topliss-reactive ketones (excluding diaryl/α,β-unsaturated/α-hetero) is 1. The van der Waals surface area contributed by atoms with Gasteiger partial charge in [-0.25, -0.2) is 4.79 Å². The molecule has 0 N–H and O–H groups in total. The highest BCUT2D eigenvalue weighted by Gasteiger charge is 2.29. The van der Waals surface area contributed by atoms with Crippen LogP contribution in [0.5, 0.6) is 23.0 Å². The van der Waals surface area contributed by atoms with Gasteiger partial charge < -0.3 is 23.7 Å². The van der Waals surface area contributed by atoms with Gasteiger partial charge in [-0.1, -0.05) is 13.0 Å². The van der Waals surface area contributed by atoms with Crippen LogP contribution in [0.4, 0.5) is 0 Å². The van der Waals surface area contributed by atoms with Gasteiger partial charge in [-0.2, -0.15) is 0 Å². The summed E-state index contributed by atoms with van der Waals surface area (Å²) >= 11 is 0. The molecule has 7 heteroatoms. The number of hydrogen-bond donors (Lipinski definition) is 0. The molecule has 0 aromatic heterocycles. The Morgan fingerprint density at radius 2 is 1.68 bits per heavy atom. The van der Waals surface area contributed by atoms with Crippen molar-refractivity contribution in [1.29, 1.82) is 0 Å². The smallest absolute Gasteiger partial charge is 0.338 e. The molecule has 3 rings (SSSR count). The summed E-state index contributed by atoms with van der Waals surface area (Å²) in [5.41, 5.74) is 0.944. The van der Waals surface area contributed by atoms with Crippen LogP contribution in [0.25, 0.3) is 0 Å². The van der Waals surface area contributed by atoms with Crippen LogP contribution in [0.15, 0.2) is 36.4 Å². The summed E-state index contributed by atoms with van der Waals surface area (Å²) in [6.07, 6.45) is -0.771. The molecule has 2 unspecified atom stereocenters. The summed E-state index contributed by atoms with van der Waals surface area (Å²) in [5, 5.41) is 0. The van der Waals surface area contributed by atoms with Crippen molar-refractivity contribution in [3.63, 3.8) is 0 Å². The van der Waals surface area contributed by atoms with Crippen LogP contribution in [0.3, 0.4) is 0 Å². The zero-order chi connectivity index (χ0) is 20.3. The fraction of sp³-hybridized carbons (Fsp3) is 0.333. The van der Waals surface area contributed by atoms with Crippen molar-refractivity contribution in [3.05, 3.63) is 47.5 Å². The summed E-state index contributed by atoms with van der Waals surface area (Å²) in [4.78, 5) is 24.8. The minimum absolute atomic E-state index is 0.0946. The van der Waals surface area contributed by atoms with E-state index in [1.165, 1.54) is 27.2 Å². The molecule has 2 aromatic carbocycles. The lowest BCUT2D eigenvalue weighted by molar-refractivity contribution is -0.123. The number of esters is 1. The lowest BCUT2D eigenvalue weighted by atomic mass is 9.93. The topological polar surface area (TPSA) is 80.3 Å². The third kappa shape index (κ3) is 3.88. The molecule has 0 bridgehead atoms. The average molecular weight is 386 g/mol. The number of fused-ring (bicyclic) bond motifs is 1. The first kappa shape index (κ1) is 19.5. The molecule has 0 fully saturated rings. The van der Waals surface area contributed by atoms with Crippen LogP contribution < -0.4 is 18.9 Å². The minimum Gasteiger partial charge on any atom is -0.493 e. The zero-order valence-corrected chi connectivity index (χ0v) is 16.2. The van der Waals surface area contributed by atoms with Crippen molar-refractivity contribution >= 4 is 11.8 Å². The molecule has 1 aliphatic heterocycles. The maximum Gasteiger partial charge on any atom is 0.338 e. The van der Waals surface area contributed by atoms with E-state index in [0.717, 1.165) is 0 Å². The molecule has 0 spiro atoms. The first-order chi connectivity index (χ1) is 13.4. The molecule has 0 amide bonds. The second kappa shape index (κ2) is 8.21. The molecule has 0 aliphatic carbocycles. The van der Waals surface area contributed by atoms with Gasteiger partial charge in [0.05, 0.1) is 25.7 Å². The average Bonchev–Trinajstić information content (AvgIpc) is 3.18. The summed E-state index contributed by atoms with van der Waals surface area (Å²) in [6.45, 7) is 3.32. The lowest BCUT2D eigenvalue weighted by Gasteiger charge is -2.23. The number of hydrogen-bond acceptors (Lipinski definition) is 7. The first-order valence-corrected chi connectivity index (χ1v) is 8.77. The first-order valence-electron chi connectivity index (χ1n) is 8.77. The normalized spacial score (nSPS) is 14.1. The maximum atomic E-state index is 12.8. The molecule has 2 atom stereocenters. The Morgan fingerprint density at radius 3 is 2.36 bits per heavy atom. The number of methoxy groups -OCH3 is 2. The molecule has 1 heterocycles. The van der Waals surface area contributed by atoms with Crippen LogP contribution in [-0.4, -0.2) is 32.8 Å². The van der Waals surface area contributed by atoms with E-state index < -0.39 is 18.0 Å². The number of carbonyl (C=O) groups excluding carboxylic acids is 2. The standard InChI is InChI=1S/C21H22O7/c1-12(13(2)22)20(14-5-8-17-19(9-14)27-11-26-17)28-21(23)15-6-7-16(24-3)18(10-15)25-4/h5-10,12,20H,11H2,1-4H3. The van der Waals surface area contributed by atoms with Gasteiger partial charge >= 0.3 is 5.97 Å². The van der Waals surface area contributed by atoms with Crippen molar-refractivity contribution in [3.8, 4) is 23.0 Å². The quantitative estimate of drug-likeness (QED) is 0.673. The Hall–Kier alpha value is -3.22. The van der Waals surface area contributed by atoms with Gasteiger partial charge in [0.1, 0.15) is 11.9 Å². The van der Waals surface area contributed by atoms with E-state index in [9.17, 15) is 9.59 Å². The van der Waals surface area contributed by atoms with Crippen LogP contribution in [-0.2, 0) is 9.53 Å². The van der Waals surface area contributed by atoms with Crippen LogP contribution >= 0.6 is 0 Å². The highest BCUT2D eigenvalue weighted by atomic mass is 16.7. The number of ketones is 1. The van der Waals surface area contributed by atoms with E-state index in [2.05, 4.69) is 0 Å². The van der Waals surface area contributed by atoms with Crippen molar-refractivity contribution < 1.29 is 33.3 Å². The van der Waals surface area contributed by atoms with Crippen molar-refractivity contribution in [2.75, 3.05) is 21.0 Å². The maximum absolute atomic E-state index is 12.8. The van der Waals surface area contributed by atoms with E-state index in [4.69, 9.17) is 23.7 Å². The molecular weight excluding hydrogens is 364 g/mol. The van der Waals surface area contributed by atoms with E-state index >= 15 is 0 Å². The second-order valence-corrected chi connectivity index (χ2v) is 6.41. The van der Waals surface area contributed by atoms with Gasteiger partial charge in [-0.3, -0.25) is 4.79 Å². The number of ether oxygens (including phenoxy) is 5. The Labute approximate surface area is 163 Å². The third-order valence-electron chi connectivity index (χ3n) is 4.67. The van der Waals surface area contributed by atoms with Gasteiger partial charge in [0.2, 0.25) is 6.79 Å². The number of rotatable bonds is 7. The largest absolute Gasteiger partial charge is 0.493 e. The van der Waals surface area contributed by atoms with Crippen LogP contribution in [0.1, 0.15) is 35.9 Å². The molecule has 28 heavy (non-hydrogen) atoms. The van der Waals surface area contributed by atoms with Crippen molar-refractivity contribution in [2.24, 2.45) is 5.92 Å². The minimum atomic E-state index is -0.771. The molecule has 0 radical (unpaired) electrons. The highest BCUT2D eigenvalue weighted by Crippen LogP contribution is 2.38. The predicted octanol–water partition coefficient (Wildman–Crippen LogP) is 3.56. The van der Waals surface area contributed by atoms with Crippen molar-refractivity contribution in [2.45, 2.75) is 20.0 Å². The molecule has 2 aromatic rings. The fourth-order valence-electron chi connectivity index (χ4n) is 2.91. The zero-order valence-electron chi connectivity index (χ0n) is 16.2. The molecule has 148 valence electrons. The van der Waals surface area contributed by atoms with Crippen LogP contribution in [0.2, 0.25) is 0 Å². The molecule has 0 saturated heterocycles.